The third-order valence-electron chi connectivity index (χ3n) is 4.66. The Kier molecular flexibility index (Phi) is 2.67. The van der Waals surface area contributed by atoms with Crippen LogP contribution in [0.1, 0.15) is 44.9 Å². The summed E-state index contributed by atoms with van der Waals surface area (Å²) in [5.74, 6) is 0.371. The van der Waals surface area contributed by atoms with Gasteiger partial charge in [-0.25, -0.2) is 0 Å². The molecular formula is C16H19N. The maximum absolute atomic E-state index is 9.63. The van der Waals surface area contributed by atoms with Gasteiger partial charge in [0.05, 0.1) is 11.5 Å². The minimum absolute atomic E-state index is 0.0980. The topological polar surface area (TPSA) is 23.8 Å². The van der Waals surface area contributed by atoms with Gasteiger partial charge in [-0.1, -0.05) is 42.7 Å². The molecule has 0 aliphatic heterocycles. The Bertz CT molecular complexity index is 439. The first-order valence-electron chi connectivity index (χ1n) is 6.82. The summed E-state index contributed by atoms with van der Waals surface area (Å²) in [6, 6.07) is 2.66. The molecule has 1 nitrogen and oxygen atoms in total. The van der Waals surface area contributed by atoms with Gasteiger partial charge in [0.1, 0.15) is 0 Å². The fourth-order valence-corrected chi connectivity index (χ4v) is 3.70. The molecule has 0 aromatic heterocycles. The van der Waals surface area contributed by atoms with Crippen LogP contribution in [0.2, 0.25) is 0 Å². The van der Waals surface area contributed by atoms with Crippen LogP contribution >= 0.6 is 0 Å². The molecule has 0 N–H and O–H groups in total. The Morgan fingerprint density at radius 2 is 2.06 bits per heavy atom. The first-order valence-corrected chi connectivity index (χ1v) is 6.82. The zero-order valence-electron chi connectivity index (χ0n) is 10.3. The normalized spacial score (nSPS) is 30.2. The Hall–Kier alpha value is -1.29. The monoisotopic (exact) mass is 225 g/mol. The van der Waals surface area contributed by atoms with Gasteiger partial charge in [-0.3, -0.25) is 0 Å². The first kappa shape index (κ1) is 10.8. The molecule has 0 saturated heterocycles. The van der Waals surface area contributed by atoms with Crippen LogP contribution in [0.3, 0.4) is 0 Å². The quantitative estimate of drug-likeness (QED) is 0.611. The van der Waals surface area contributed by atoms with Crippen LogP contribution in [-0.4, -0.2) is 0 Å². The van der Waals surface area contributed by atoms with Gasteiger partial charge >= 0.3 is 0 Å². The predicted molar refractivity (Wildman–Crippen MR) is 69.2 cm³/mol. The summed E-state index contributed by atoms with van der Waals surface area (Å²) < 4.78 is 0. The van der Waals surface area contributed by atoms with Crippen LogP contribution in [0, 0.1) is 22.7 Å². The lowest BCUT2D eigenvalue weighted by molar-refractivity contribution is 0.330. The summed E-state index contributed by atoms with van der Waals surface area (Å²) in [5.41, 5.74) is 2.96. The maximum atomic E-state index is 9.63. The van der Waals surface area contributed by atoms with Crippen molar-refractivity contribution in [1.82, 2.24) is 0 Å². The van der Waals surface area contributed by atoms with Gasteiger partial charge in [0, 0.05) is 5.92 Å². The largest absolute Gasteiger partial charge is 0.198 e. The second kappa shape index (κ2) is 4.18. The number of nitriles is 1. The number of allylic oxidation sites excluding steroid dienone is 6. The summed E-state index contributed by atoms with van der Waals surface area (Å²) in [6.45, 7) is 0. The van der Waals surface area contributed by atoms with E-state index in [0.717, 1.165) is 19.3 Å². The summed E-state index contributed by atoms with van der Waals surface area (Å²) >= 11 is 0. The molecule has 0 aromatic rings. The summed E-state index contributed by atoms with van der Waals surface area (Å²) in [5, 5.41) is 9.63. The molecule has 3 rings (SSSR count). The third-order valence-corrected chi connectivity index (χ3v) is 4.66. The second-order valence-electron chi connectivity index (χ2n) is 5.58. The van der Waals surface area contributed by atoms with Crippen molar-refractivity contribution in [2.45, 2.75) is 44.9 Å². The van der Waals surface area contributed by atoms with Crippen LogP contribution in [0.4, 0.5) is 0 Å². The van der Waals surface area contributed by atoms with Crippen molar-refractivity contribution in [3.63, 3.8) is 0 Å². The van der Waals surface area contributed by atoms with Crippen molar-refractivity contribution in [3.8, 4) is 6.07 Å². The van der Waals surface area contributed by atoms with Gasteiger partial charge in [-0.2, -0.15) is 5.26 Å². The lowest BCUT2D eigenvalue weighted by Gasteiger charge is -2.35. The Morgan fingerprint density at radius 1 is 1.24 bits per heavy atom. The second-order valence-corrected chi connectivity index (χ2v) is 5.58. The lowest BCUT2D eigenvalue weighted by Crippen LogP contribution is -2.28. The van der Waals surface area contributed by atoms with Crippen molar-refractivity contribution >= 4 is 0 Å². The van der Waals surface area contributed by atoms with Crippen LogP contribution in [-0.2, 0) is 0 Å². The molecule has 1 saturated carbocycles. The highest BCUT2D eigenvalue weighted by molar-refractivity contribution is 5.41. The molecule has 1 fully saturated rings. The zero-order chi connectivity index (χ0) is 11.7. The zero-order valence-corrected chi connectivity index (χ0v) is 10.3. The minimum Gasteiger partial charge on any atom is -0.198 e. The molecule has 3 aliphatic rings. The van der Waals surface area contributed by atoms with E-state index in [4.69, 9.17) is 0 Å². The standard InChI is InChI=1S/C16H19N/c17-12-16(10-3-4-11-16)15-9-5-7-13-6-1-2-8-14(13)15/h2,5,8-9,15H,1,3-4,6-7,10-11H2. The third kappa shape index (κ3) is 1.67. The molecule has 1 heteroatoms. The number of nitrogens with zero attached hydrogens (tertiary/aromatic N) is 1. The van der Waals surface area contributed by atoms with Crippen LogP contribution in [0.15, 0.2) is 35.5 Å². The smallest absolute Gasteiger partial charge is 0.0699 e. The van der Waals surface area contributed by atoms with E-state index in [1.165, 1.54) is 31.3 Å². The highest BCUT2D eigenvalue weighted by Crippen LogP contribution is 2.50. The van der Waals surface area contributed by atoms with Gasteiger partial charge in [0.25, 0.3) is 0 Å². The van der Waals surface area contributed by atoms with Gasteiger partial charge in [-0.05, 0) is 37.7 Å². The Balaban J connectivity index is 1.99. The van der Waals surface area contributed by atoms with E-state index >= 15 is 0 Å². The summed E-state index contributed by atoms with van der Waals surface area (Å²) in [4.78, 5) is 0. The molecule has 17 heavy (non-hydrogen) atoms. The van der Waals surface area contributed by atoms with Gasteiger partial charge in [0.2, 0.25) is 0 Å². The van der Waals surface area contributed by atoms with Crippen LogP contribution < -0.4 is 0 Å². The molecule has 0 heterocycles. The molecule has 88 valence electrons. The van der Waals surface area contributed by atoms with E-state index in [1.54, 1.807) is 5.57 Å². The first-order chi connectivity index (χ1) is 8.36. The highest BCUT2D eigenvalue weighted by atomic mass is 14.5. The van der Waals surface area contributed by atoms with E-state index in [0.29, 0.717) is 5.92 Å². The molecule has 1 unspecified atom stereocenters. The summed E-state index contributed by atoms with van der Waals surface area (Å²) in [6.07, 6.45) is 17.3. The molecule has 0 aromatic carbocycles. The van der Waals surface area contributed by atoms with Crippen molar-refractivity contribution in [2.24, 2.45) is 11.3 Å². The van der Waals surface area contributed by atoms with Gasteiger partial charge in [0.15, 0.2) is 0 Å². The minimum atomic E-state index is -0.0980. The van der Waals surface area contributed by atoms with E-state index < -0.39 is 0 Å². The molecule has 0 spiro atoms. The molecular weight excluding hydrogens is 206 g/mol. The fraction of sp³-hybridized carbons (Fsp3) is 0.562. The molecule has 3 aliphatic carbocycles. The van der Waals surface area contributed by atoms with E-state index in [1.807, 2.05) is 0 Å². The van der Waals surface area contributed by atoms with Crippen molar-refractivity contribution in [1.29, 1.82) is 5.26 Å². The predicted octanol–water partition coefficient (Wildman–Crippen LogP) is 4.29. The summed E-state index contributed by atoms with van der Waals surface area (Å²) in [7, 11) is 0. The van der Waals surface area contributed by atoms with Gasteiger partial charge < -0.3 is 0 Å². The average molecular weight is 225 g/mol. The molecule has 1 atom stereocenters. The van der Waals surface area contributed by atoms with Crippen molar-refractivity contribution < 1.29 is 0 Å². The Labute approximate surface area is 104 Å². The number of hydrogen-bond donors (Lipinski definition) is 0. The van der Waals surface area contributed by atoms with E-state index in [9.17, 15) is 5.26 Å². The van der Waals surface area contributed by atoms with Crippen LogP contribution in [0.25, 0.3) is 0 Å². The van der Waals surface area contributed by atoms with E-state index in [2.05, 4.69) is 30.4 Å². The SMILES string of the molecule is N#CC1(C2C=CCC3=C2C=CCC3)CCCC1. The lowest BCUT2D eigenvalue weighted by atomic mass is 9.67. The number of rotatable bonds is 1. The molecule has 0 bridgehead atoms. The van der Waals surface area contributed by atoms with Crippen LogP contribution in [0.5, 0.6) is 0 Å². The maximum Gasteiger partial charge on any atom is 0.0699 e. The number of hydrogen-bond acceptors (Lipinski definition) is 1. The highest BCUT2D eigenvalue weighted by Gasteiger charge is 2.43. The fourth-order valence-electron chi connectivity index (χ4n) is 3.70. The molecule has 0 radical (unpaired) electrons. The molecule has 0 amide bonds. The van der Waals surface area contributed by atoms with Gasteiger partial charge in [-0.15, -0.1) is 0 Å². The Morgan fingerprint density at radius 3 is 2.82 bits per heavy atom. The van der Waals surface area contributed by atoms with E-state index in [-0.39, 0.29) is 5.41 Å². The van der Waals surface area contributed by atoms with Crippen molar-refractivity contribution in [3.05, 3.63) is 35.5 Å². The average Bonchev–Trinajstić information content (AvgIpc) is 2.88. The van der Waals surface area contributed by atoms with Crippen molar-refractivity contribution in [2.75, 3.05) is 0 Å².